The molecule has 0 aromatic carbocycles. The molecule has 2 aliphatic rings. The molecule has 1 N–H and O–H groups in total. The van der Waals surface area contributed by atoms with Crippen LogP contribution in [-0.2, 0) is 6.54 Å². The molecule has 1 atom stereocenters. The second-order valence-electron chi connectivity index (χ2n) is 4.71. The Labute approximate surface area is 96.2 Å². The molecule has 2 fully saturated rings. The normalized spacial score (nSPS) is 27.9. The molecule has 4 heteroatoms. The highest BCUT2D eigenvalue weighted by atomic mass is 16.3. The Morgan fingerprint density at radius 3 is 3.25 bits per heavy atom. The van der Waals surface area contributed by atoms with Gasteiger partial charge in [0.2, 0.25) is 0 Å². The second kappa shape index (κ2) is 4.57. The van der Waals surface area contributed by atoms with Gasteiger partial charge in [0.25, 0.3) is 0 Å². The van der Waals surface area contributed by atoms with Gasteiger partial charge in [-0.25, -0.2) is 0 Å². The number of piperazine rings is 2. The van der Waals surface area contributed by atoms with E-state index in [0.29, 0.717) is 6.04 Å². The zero-order valence-corrected chi connectivity index (χ0v) is 9.56. The minimum atomic E-state index is 0.692. The molecule has 88 valence electrons. The first kappa shape index (κ1) is 10.3. The smallest absolute Gasteiger partial charge is 0.117 e. The Hall–Kier alpha value is -0.840. The lowest BCUT2D eigenvalue weighted by Crippen LogP contribution is -2.60. The van der Waals surface area contributed by atoms with Crippen molar-refractivity contribution < 1.29 is 4.42 Å². The summed E-state index contributed by atoms with van der Waals surface area (Å²) in [5, 5.41) is 3.47. The molecule has 0 radical (unpaired) electrons. The van der Waals surface area contributed by atoms with E-state index in [1.165, 1.54) is 13.1 Å². The molecular formula is C12H19N3O. The van der Waals surface area contributed by atoms with Crippen LogP contribution in [-0.4, -0.2) is 55.1 Å². The average Bonchev–Trinajstić information content (AvgIpc) is 2.82. The molecule has 0 saturated carbocycles. The molecule has 1 aromatic rings. The maximum atomic E-state index is 5.40. The van der Waals surface area contributed by atoms with Gasteiger partial charge in [0.05, 0.1) is 12.8 Å². The van der Waals surface area contributed by atoms with Crippen molar-refractivity contribution in [2.75, 3.05) is 39.3 Å². The van der Waals surface area contributed by atoms with Crippen LogP contribution >= 0.6 is 0 Å². The molecule has 0 bridgehead atoms. The molecule has 2 saturated heterocycles. The van der Waals surface area contributed by atoms with Gasteiger partial charge in [0.15, 0.2) is 0 Å². The van der Waals surface area contributed by atoms with E-state index >= 15 is 0 Å². The molecule has 1 aromatic heterocycles. The highest BCUT2D eigenvalue weighted by molar-refractivity contribution is 4.99. The van der Waals surface area contributed by atoms with Crippen molar-refractivity contribution in [3.8, 4) is 0 Å². The van der Waals surface area contributed by atoms with Crippen LogP contribution in [0.2, 0.25) is 0 Å². The third-order valence-corrected chi connectivity index (χ3v) is 3.60. The van der Waals surface area contributed by atoms with Crippen LogP contribution < -0.4 is 5.32 Å². The number of nitrogens with one attached hydrogen (secondary N) is 1. The fraction of sp³-hybridized carbons (Fsp3) is 0.667. The van der Waals surface area contributed by atoms with Crippen LogP contribution in [0.3, 0.4) is 0 Å². The second-order valence-corrected chi connectivity index (χ2v) is 4.71. The summed E-state index contributed by atoms with van der Waals surface area (Å²) >= 11 is 0. The predicted molar refractivity (Wildman–Crippen MR) is 62.2 cm³/mol. The van der Waals surface area contributed by atoms with Gasteiger partial charge in [-0.2, -0.15) is 0 Å². The van der Waals surface area contributed by atoms with E-state index < -0.39 is 0 Å². The maximum Gasteiger partial charge on any atom is 0.117 e. The van der Waals surface area contributed by atoms with Gasteiger partial charge in [0.1, 0.15) is 5.76 Å². The quantitative estimate of drug-likeness (QED) is 0.782. The summed E-state index contributed by atoms with van der Waals surface area (Å²) in [4.78, 5) is 5.10. The van der Waals surface area contributed by atoms with E-state index in [-0.39, 0.29) is 0 Å². The van der Waals surface area contributed by atoms with Crippen molar-refractivity contribution in [1.29, 1.82) is 0 Å². The molecule has 3 heterocycles. The van der Waals surface area contributed by atoms with Gasteiger partial charge >= 0.3 is 0 Å². The van der Waals surface area contributed by atoms with Gasteiger partial charge in [-0.3, -0.25) is 9.80 Å². The Morgan fingerprint density at radius 1 is 1.38 bits per heavy atom. The first-order valence-corrected chi connectivity index (χ1v) is 6.11. The Morgan fingerprint density at radius 2 is 2.38 bits per heavy atom. The van der Waals surface area contributed by atoms with E-state index in [1.54, 1.807) is 6.26 Å². The van der Waals surface area contributed by atoms with Crippen molar-refractivity contribution in [1.82, 2.24) is 15.1 Å². The maximum absolute atomic E-state index is 5.40. The van der Waals surface area contributed by atoms with Crippen molar-refractivity contribution >= 4 is 0 Å². The van der Waals surface area contributed by atoms with Gasteiger partial charge in [-0.05, 0) is 12.1 Å². The third kappa shape index (κ3) is 2.14. The van der Waals surface area contributed by atoms with E-state index in [0.717, 1.165) is 38.5 Å². The number of rotatable bonds is 2. The Bertz CT molecular complexity index is 325. The summed E-state index contributed by atoms with van der Waals surface area (Å²) < 4.78 is 5.40. The lowest BCUT2D eigenvalue weighted by atomic mass is 10.1. The summed E-state index contributed by atoms with van der Waals surface area (Å²) in [6, 6.07) is 4.72. The van der Waals surface area contributed by atoms with Gasteiger partial charge in [-0.15, -0.1) is 0 Å². The highest BCUT2D eigenvalue weighted by Crippen LogP contribution is 2.14. The van der Waals surface area contributed by atoms with Crippen LogP contribution in [0.15, 0.2) is 22.8 Å². The molecule has 0 spiro atoms. The first-order valence-electron chi connectivity index (χ1n) is 6.11. The zero-order chi connectivity index (χ0) is 10.8. The number of fused-ring (bicyclic) bond motifs is 1. The van der Waals surface area contributed by atoms with Gasteiger partial charge < -0.3 is 9.73 Å². The van der Waals surface area contributed by atoms with Crippen molar-refractivity contribution in [3.05, 3.63) is 24.2 Å². The topological polar surface area (TPSA) is 31.7 Å². The van der Waals surface area contributed by atoms with Gasteiger partial charge in [-0.1, -0.05) is 0 Å². The molecule has 1 unspecified atom stereocenters. The number of hydrogen-bond acceptors (Lipinski definition) is 4. The number of nitrogens with zero attached hydrogens (tertiary/aromatic N) is 2. The fourth-order valence-corrected chi connectivity index (χ4v) is 2.70. The largest absolute Gasteiger partial charge is 0.468 e. The summed E-state index contributed by atoms with van der Waals surface area (Å²) in [5.74, 6) is 1.08. The molecule has 16 heavy (non-hydrogen) atoms. The van der Waals surface area contributed by atoms with E-state index in [9.17, 15) is 0 Å². The van der Waals surface area contributed by atoms with Crippen LogP contribution in [0, 0.1) is 0 Å². The molecule has 0 aliphatic carbocycles. The summed E-state index contributed by atoms with van der Waals surface area (Å²) in [5.41, 5.74) is 0. The van der Waals surface area contributed by atoms with Crippen LogP contribution in [0.4, 0.5) is 0 Å². The van der Waals surface area contributed by atoms with Gasteiger partial charge in [0, 0.05) is 45.3 Å². The SMILES string of the molecule is c1coc(CN2CCN3CCNCC3C2)c1. The van der Waals surface area contributed by atoms with E-state index in [1.807, 2.05) is 6.07 Å². The standard InChI is InChI=1S/C12H19N3O/c1-2-12(16-7-1)10-14-5-6-15-4-3-13-8-11(15)9-14/h1-2,7,11,13H,3-6,8-10H2. The molecule has 2 aliphatic heterocycles. The highest BCUT2D eigenvalue weighted by Gasteiger charge is 2.28. The molecule has 3 rings (SSSR count). The number of furan rings is 1. The molecule has 0 amide bonds. The lowest BCUT2D eigenvalue weighted by Gasteiger charge is -2.44. The van der Waals surface area contributed by atoms with Crippen molar-refractivity contribution in [3.63, 3.8) is 0 Å². The summed E-state index contributed by atoms with van der Waals surface area (Å²) in [6.07, 6.45) is 1.76. The Balaban J connectivity index is 1.58. The number of hydrogen-bond donors (Lipinski definition) is 1. The minimum Gasteiger partial charge on any atom is -0.468 e. The monoisotopic (exact) mass is 221 g/mol. The van der Waals surface area contributed by atoms with Crippen LogP contribution in [0.25, 0.3) is 0 Å². The average molecular weight is 221 g/mol. The Kier molecular flexibility index (Phi) is 2.95. The van der Waals surface area contributed by atoms with Crippen molar-refractivity contribution in [2.24, 2.45) is 0 Å². The predicted octanol–water partition coefficient (Wildman–Crippen LogP) is 0.369. The lowest BCUT2D eigenvalue weighted by molar-refractivity contribution is 0.0508. The third-order valence-electron chi connectivity index (χ3n) is 3.60. The van der Waals surface area contributed by atoms with Crippen molar-refractivity contribution in [2.45, 2.75) is 12.6 Å². The summed E-state index contributed by atoms with van der Waals surface area (Å²) in [6.45, 7) is 7.97. The molecular weight excluding hydrogens is 202 g/mol. The zero-order valence-electron chi connectivity index (χ0n) is 9.56. The van der Waals surface area contributed by atoms with E-state index in [4.69, 9.17) is 4.42 Å². The van der Waals surface area contributed by atoms with E-state index in [2.05, 4.69) is 21.2 Å². The summed E-state index contributed by atoms with van der Waals surface area (Å²) in [7, 11) is 0. The first-order chi connectivity index (χ1) is 7.92. The minimum absolute atomic E-state index is 0.692. The fourth-order valence-electron chi connectivity index (χ4n) is 2.70. The van der Waals surface area contributed by atoms with Crippen LogP contribution in [0.5, 0.6) is 0 Å². The van der Waals surface area contributed by atoms with Crippen LogP contribution in [0.1, 0.15) is 5.76 Å². The molecule has 4 nitrogen and oxygen atoms in total.